The number of hydrogen-bond donors (Lipinski definition) is 0. The summed E-state index contributed by atoms with van der Waals surface area (Å²) in [5.41, 5.74) is 2.04. The van der Waals surface area contributed by atoms with Crippen LogP contribution in [0.1, 0.15) is 26.3 Å². The van der Waals surface area contributed by atoms with Crippen LogP contribution in [0.2, 0.25) is 0 Å². The lowest BCUT2D eigenvalue weighted by molar-refractivity contribution is -0.116. The largest absolute Gasteiger partial charge is 0.288 e. The van der Waals surface area contributed by atoms with Crippen LogP contribution in [0.15, 0.2) is 49.2 Å². The quantitative estimate of drug-likeness (QED) is 0.718. The first kappa shape index (κ1) is 15.2. The smallest absolute Gasteiger partial charge is 0.227 e. The second-order valence-corrected chi connectivity index (χ2v) is 3.30. The average Bonchev–Trinajstić information content (AvgIpc) is 2.34. The Balaban J connectivity index is 0.00000121. The molecule has 17 heavy (non-hydrogen) atoms. The highest BCUT2D eigenvalue weighted by Gasteiger charge is 2.06. The Morgan fingerprint density at radius 2 is 1.76 bits per heavy atom. The van der Waals surface area contributed by atoms with Gasteiger partial charge in [0.25, 0.3) is 0 Å². The number of aryl methyl sites for hydroxylation is 1. The van der Waals surface area contributed by atoms with Crippen LogP contribution in [0.5, 0.6) is 0 Å². The molecule has 92 valence electrons. The topological polar surface area (TPSA) is 20.3 Å². The molecule has 0 fully saturated rings. The number of rotatable bonds is 3. The Morgan fingerprint density at radius 3 is 2.18 bits per heavy atom. The molecule has 0 radical (unpaired) electrons. The van der Waals surface area contributed by atoms with Gasteiger partial charge in [-0.3, -0.25) is 9.69 Å². The van der Waals surface area contributed by atoms with Gasteiger partial charge in [0, 0.05) is 18.8 Å². The van der Waals surface area contributed by atoms with Crippen molar-refractivity contribution in [2.24, 2.45) is 0 Å². The first-order valence-corrected chi connectivity index (χ1v) is 5.81. The molecule has 1 aromatic rings. The van der Waals surface area contributed by atoms with Crippen molar-refractivity contribution >= 4 is 11.6 Å². The van der Waals surface area contributed by atoms with Gasteiger partial charge in [-0.2, -0.15) is 0 Å². The number of amides is 1. The molecular weight excluding hydrogens is 210 g/mol. The summed E-state index contributed by atoms with van der Waals surface area (Å²) >= 11 is 0. The van der Waals surface area contributed by atoms with Gasteiger partial charge in [0.1, 0.15) is 0 Å². The van der Waals surface area contributed by atoms with Crippen LogP contribution >= 0.6 is 0 Å². The highest BCUT2D eigenvalue weighted by atomic mass is 16.2. The second-order valence-electron chi connectivity index (χ2n) is 3.30. The highest BCUT2D eigenvalue weighted by molar-refractivity contribution is 5.93. The van der Waals surface area contributed by atoms with Crippen molar-refractivity contribution in [1.29, 1.82) is 0 Å². The van der Waals surface area contributed by atoms with E-state index in [9.17, 15) is 4.79 Å². The lowest BCUT2D eigenvalue weighted by Crippen LogP contribution is -2.21. The van der Waals surface area contributed by atoms with Gasteiger partial charge in [-0.1, -0.05) is 44.2 Å². The summed E-state index contributed by atoms with van der Waals surface area (Å²) in [6.45, 7) is 11.1. The number of carbonyl (C=O) groups is 1. The molecule has 2 nitrogen and oxygen atoms in total. The SMILES string of the molecule is C=C/C=C\N(C(C)=O)c1ccc(C)cc1.CC. The van der Waals surface area contributed by atoms with Gasteiger partial charge >= 0.3 is 0 Å². The lowest BCUT2D eigenvalue weighted by Gasteiger charge is -2.16. The Labute approximate surface area is 104 Å². The van der Waals surface area contributed by atoms with Crippen molar-refractivity contribution in [2.45, 2.75) is 27.7 Å². The van der Waals surface area contributed by atoms with E-state index in [1.165, 1.54) is 12.5 Å². The maximum Gasteiger partial charge on any atom is 0.227 e. The molecule has 0 heterocycles. The second kappa shape index (κ2) is 8.34. The van der Waals surface area contributed by atoms with Gasteiger partial charge in [-0.15, -0.1) is 0 Å². The molecule has 0 N–H and O–H groups in total. The summed E-state index contributed by atoms with van der Waals surface area (Å²) in [6.07, 6.45) is 5.09. The normalized spacial score (nSPS) is 9.41. The Kier molecular flexibility index (Phi) is 7.44. The zero-order valence-electron chi connectivity index (χ0n) is 11.1. The molecule has 0 aliphatic rings. The van der Waals surface area contributed by atoms with Crippen LogP contribution in [0.4, 0.5) is 5.69 Å². The fourth-order valence-corrected chi connectivity index (χ4v) is 1.23. The summed E-state index contributed by atoms with van der Waals surface area (Å²) < 4.78 is 0. The molecule has 0 bridgehead atoms. The monoisotopic (exact) mass is 231 g/mol. The zero-order valence-corrected chi connectivity index (χ0v) is 11.1. The molecule has 2 heteroatoms. The maximum absolute atomic E-state index is 11.4. The Bertz CT molecular complexity index is 376. The zero-order chi connectivity index (χ0) is 13.3. The van der Waals surface area contributed by atoms with E-state index in [0.717, 1.165) is 5.69 Å². The number of carbonyl (C=O) groups excluding carboxylic acids is 1. The van der Waals surface area contributed by atoms with Crippen LogP contribution in [-0.4, -0.2) is 5.91 Å². The molecule has 0 aliphatic carbocycles. The van der Waals surface area contributed by atoms with Gasteiger partial charge in [0.2, 0.25) is 5.91 Å². The molecule has 0 atom stereocenters. The number of nitrogens with zero attached hydrogens (tertiary/aromatic N) is 1. The van der Waals surface area contributed by atoms with Crippen LogP contribution in [-0.2, 0) is 4.79 Å². The van der Waals surface area contributed by atoms with E-state index < -0.39 is 0 Å². The molecule has 1 amide bonds. The molecule has 0 saturated carbocycles. The van der Waals surface area contributed by atoms with E-state index in [0.29, 0.717) is 0 Å². The summed E-state index contributed by atoms with van der Waals surface area (Å²) in [7, 11) is 0. The molecule has 1 aromatic carbocycles. The van der Waals surface area contributed by atoms with Crippen molar-refractivity contribution in [3.8, 4) is 0 Å². The van der Waals surface area contributed by atoms with Crippen molar-refractivity contribution < 1.29 is 4.79 Å². The lowest BCUT2D eigenvalue weighted by atomic mass is 10.2. The molecule has 0 aliphatic heterocycles. The molecule has 1 rings (SSSR count). The standard InChI is InChI=1S/C13H15NO.C2H6/c1-4-5-10-14(12(3)15)13-8-6-11(2)7-9-13;1-2/h4-10H,1H2,2-3H3;1-2H3/b10-5-;. The summed E-state index contributed by atoms with van der Waals surface area (Å²) in [6, 6.07) is 7.80. The van der Waals surface area contributed by atoms with Crippen LogP contribution < -0.4 is 4.90 Å². The van der Waals surface area contributed by atoms with E-state index in [4.69, 9.17) is 0 Å². The summed E-state index contributed by atoms with van der Waals surface area (Å²) in [5, 5.41) is 0. The van der Waals surface area contributed by atoms with Crippen LogP contribution in [0.3, 0.4) is 0 Å². The summed E-state index contributed by atoms with van der Waals surface area (Å²) in [4.78, 5) is 13.0. The summed E-state index contributed by atoms with van der Waals surface area (Å²) in [5.74, 6) is -0.0167. The minimum atomic E-state index is -0.0167. The van der Waals surface area contributed by atoms with E-state index in [1.807, 2.05) is 45.0 Å². The fraction of sp³-hybridized carbons (Fsp3) is 0.267. The molecule has 0 spiro atoms. The minimum Gasteiger partial charge on any atom is -0.288 e. The minimum absolute atomic E-state index is 0.0167. The molecular formula is C15H21NO. The van der Waals surface area contributed by atoms with Gasteiger partial charge in [0.15, 0.2) is 0 Å². The van der Waals surface area contributed by atoms with Crippen molar-refractivity contribution in [1.82, 2.24) is 0 Å². The predicted molar refractivity (Wildman–Crippen MR) is 75.0 cm³/mol. The van der Waals surface area contributed by atoms with E-state index >= 15 is 0 Å². The molecule has 0 aromatic heterocycles. The van der Waals surface area contributed by atoms with Gasteiger partial charge in [-0.05, 0) is 25.1 Å². The van der Waals surface area contributed by atoms with E-state index in [2.05, 4.69) is 6.58 Å². The fourth-order valence-electron chi connectivity index (χ4n) is 1.23. The average molecular weight is 231 g/mol. The third-order valence-electron chi connectivity index (χ3n) is 2.02. The number of benzene rings is 1. The maximum atomic E-state index is 11.4. The van der Waals surface area contributed by atoms with Crippen LogP contribution in [0, 0.1) is 6.92 Å². The molecule has 0 unspecified atom stereocenters. The van der Waals surface area contributed by atoms with Crippen LogP contribution in [0.25, 0.3) is 0 Å². The first-order valence-electron chi connectivity index (χ1n) is 5.81. The predicted octanol–water partition coefficient (Wildman–Crippen LogP) is 4.07. The first-order chi connectivity index (χ1) is 8.15. The number of anilines is 1. The number of hydrogen-bond acceptors (Lipinski definition) is 1. The van der Waals surface area contributed by atoms with Crippen molar-refractivity contribution in [2.75, 3.05) is 4.90 Å². The van der Waals surface area contributed by atoms with Gasteiger partial charge in [-0.25, -0.2) is 0 Å². The van der Waals surface area contributed by atoms with Crippen molar-refractivity contribution in [3.63, 3.8) is 0 Å². The number of allylic oxidation sites excluding steroid dienone is 2. The molecule has 0 saturated heterocycles. The Hall–Kier alpha value is -1.83. The third kappa shape index (κ3) is 5.16. The Morgan fingerprint density at radius 1 is 1.24 bits per heavy atom. The van der Waals surface area contributed by atoms with E-state index in [1.54, 1.807) is 23.3 Å². The third-order valence-corrected chi connectivity index (χ3v) is 2.02. The van der Waals surface area contributed by atoms with Gasteiger partial charge in [0.05, 0.1) is 0 Å². The van der Waals surface area contributed by atoms with Crippen molar-refractivity contribution in [3.05, 3.63) is 54.8 Å². The van der Waals surface area contributed by atoms with E-state index in [-0.39, 0.29) is 5.91 Å². The van der Waals surface area contributed by atoms with Gasteiger partial charge < -0.3 is 0 Å². The highest BCUT2D eigenvalue weighted by Crippen LogP contribution is 2.15.